The summed E-state index contributed by atoms with van der Waals surface area (Å²) >= 11 is 0. The lowest BCUT2D eigenvalue weighted by Crippen LogP contribution is -2.41. The maximum atomic E-state index is 11.7. The lowest BCUT2D eigenvalue weighted by atomic mass is 10.1. The topological polar surface area (TPSA) is 92.4 Å². The monoisotopic (exact) mass is 278 g/mol. The number of carboxylic acids is 1. The SMILES string of the molecule is NC(CCc1ccccc1)C(=O)NCCCCC(=O)O. The van der Waals surface area contributed by atoms with Gasteiger partial charge in [-0.05, 0) is 31.2 Å². The van der Waals surface area contributed by atoms with Crippen molar-refractivity contribution in [2.45, 2.75) is 38.1 Å². The second kappa shape index (κ2) is 9.09. The number of aryl methyl sites for hydroxylation is 1. The van der Waals surface area contributed by atoms with E-state index < -0.39 is 12.0 Å². The number of hydrogen-bond donors (Lipinski definition) is 3. The molecular formula is C15H22N2O3. The van der Waals surface area contributed by atoms with Gasteiger partial charge < -0.3 is 16.2 Å². The van der Waals surface area contributed by atoms with Crippen LogP contribution < -0.4 is 11.1 Å². The minimum absolute atomic E-state index is 0.135. The smallest absolute Gasteiger partial charge is 0.303 e. The first kappa shape index (κ1) is 16.2. The minimum atomic E-state index is -0.809. The summed E-state index contributed by atoms with van der Waals surface area (Å²) < 4.78 is 0. The van der Waals surface area contributed by atoms with E-state index >= 15 is 0 Å². The van der Waals surface area contributed by atoms with Crippen LogP contribution in [0.25, 0.3) is 0 Å². The largest absolute Gasteiger partial charge is 0.481 e. The summed E-state index contributed by atoms with van der Waals surface area (Å²) in [7, 11) is 0. The summed E-state index contributed by atoms with van der Waals surface area (Å²) in [5, 5.41) is 11.2. The number of unbranched alkanes of at least 4 members (excludes halogenated alkanes) is 1. The first-order chi connectivity index (χ1) is 9.59. The Morgan fingerprint density at radius 2 is 1.90 bits per heavy atom. The van der Waals surface area contributed by atoms with Crippen LogP contribution in [0.1, 0.15) is 31.2 Å². The first-order valence-electron chi connectivity index (χ1n) is 6.88. The summed E-state index contributed by atoms with van der Waals surface area (Å²) in [5.74, 6) is -0.979. The van der Waals surface area contributed by atoms with Gasteiger partial charge in [0.25, 0.3) is 0 Å². The van der Waals surface area contributed by atoms with Gasteiger partial charge in [0.2, 0.25) is 5.91 Å². The number of amides is 1. The van der Waals surface area contributed by atoms with Gasteiger partial charge in [0.05, 0.1) is 6.04 Å². The zero-order valence-electron chi connectivity index (χ0n) is 11.5. The molecular weight excluding hydrogens is 256 g/mol. The molecule has 1 unspecified atom stereocenters. The highest BCUT2D eigenvalue weighted by Gasteiger charge is 2.12. The Kier molecular flexibility index (Phi) is 7.35. The third kappa shape index (κ3) is 6.89. The highest BCUT2D eigenvalue weighted by Crippen LogP contribution is 2.04. The molecule has 1 aromatic rings. The van der Waals surface area contributed by atoms with E-state index in [0.717, 1.165) is 12.0 Å². The molecule has 0 fully saturated rings. The second-order valence-electron chi connectivity index (χ2n) is 4.77. The molecule has 0 saturated heterocycles. The summed E-state index contributed by atoms with van der Waals surface area (Å²) in [4.78, 5) is 22.0. The highest BCUT2D eigenvalue weighted by molar-refractivity contribution is 5.81. The fourth-order valence-corrected chi connectivity index (χ4v) is 1.84. The average molecular weight is 278 g/mol. The number of nitrogens with one attached hydrogen (secondary N) is 1. The Morgan fingerprint density at radius 1 is 1.20 bits per heavy atom. The first-order valence-corrected chi connectivity index (χ1v) is 6.88. The number of carbonyl (C=O) groups is 2. The number of aliphatic carboxylic acids is 1. The molecule has 0 aliphatic heterocycles. The molecule has 0 radical (unpaired) electrons. The van der Waals surface area contributed by atoms with Crippen molar-refractivity contribution in [3.63, 3.8) is 0 Å². The van der Waals surface area contributed by atoms with Crippen LogP contribution in [0.3, 0.4) is 0 Å². The fourth-order valence-electron chi connectivity index (χ4n) is 1.84. The van der Waals surface area contributed by atoms with Crippen molar-refractivity contribution >= 4 is 11.9 Å². The molecule has 1 atom stereocenters. The Labute approximate surface area is 119 Å². The van der Waals surface area contributed by atoms with E-state index in [-0.39, 0.29) is 12.3 Å². The van der Waals surface area contributed by atoms with Crippen molar-refractivity contribution < 1.29 is 14.7 Å². The lowest BCUT2D eigenvalue weighted by molar-refractivity contribution is -0.137. The Bertz CT molecular complexity index is 420. The molecule has 0 aliphatic rings. The molecule has 0 heterocycles. The fraction of sp³-hybridized carbons (Fsp3) is 0.467. The van der Waals surface area contributed by atoms with E-state index in [2.05, 4.69) is 5.32 Å². The van der Waals surface area contributed by atoms with E-state index in [1.807, 2.05) is 30.3 Å². The summed E-state index contributed by atoms with van der Waals surface area (Å²) in [5.41, 5.74) is 6.99. The van der Waals surface area contributed by atoms with Crippen molar-refractivity contribution in [2.75, 3.05) is 6.54 Å². The molecule has 4 N–H and O–H groups in total. The molecule has 0 bridgehead atoms. The maximum Gasteiger partial charge on any atom is 0.303 e. The lowest BCUT2D eigenvalue weighted by Gasteiger charge is -2.12. The number of benzene rings is 1. The second-order valence-corrected chi connectivity index (χ2v) is 4.77. The van der Waals surface area contributed by atoms with E-state index in [0.29, 0.717) is 25.8 Å². The molecule has 0 saturated carbocycles. The van der Waals surface area contributed by atoms with Crippen molar-refractivity contribution in [1.82, 2.24) is 5.32 Å². The summed E-state index contributed by atoms with van der Waals surface area (Å²) in [6.07, 6.45) is 2.73. The van der Waals surface area contributed by atoms with E-state index in [4.69, 9.17) is 10.8 Å². The van der Waals surface area contributed by atoms with Gasteiger partial charge in [-0.15, -0.1) is 0 Å². The quantitative estimate of drug-likeness (QED) is 0.594. The van der Waals surface area contributed by atoms with Crippen LogP contribution in [0, 0.1) is 0 Å². The summed E-state index contributed by atoms with van der Waals surface area (Å²) in [6.45, 7) is 0.477. The Hall–Kier alpha value is -1.88. The number of rotatable bonds is 9. The van der Waals surface area contributed by atoms with Crippen LogP contribution in [0.5, 0.6) is 0 Å². The van der Waals surface area contributed by atoms with Crippen molar-refractivity contribution in [1.29, 1.82) is 0 Å². The van der Waals surface area contributed by atoms with E-state index in [1.54, 1.807) is 0 Å². The summed E-state index contributed by atoms with van der Waals surface area (Å²) in [6, 6.07) is 9.38. The average Bonchev–Trinajstić information content (AvgIpc) is 2.45. The van der Waals surface area contributed by atoms with Crippen LogP contribution >= 0.6 is 0 Å². The third-order valence-corrected chi connectivity index (χ3v) is 3.04. The van der Waals surface area contributed by atoms with Gasteiger partial charge in [0.15, 0.2) is 0 Å². The molecule has 0 aliphatic carbocycles. The molecule has 1 rings (SSSR count). The van der Waals surface area contributed by atoms with Crippen LogP contribution in [0.15, 0.2) is 30.3 Å². The van der Waals surface area contributed by atoms with Crippen molar-refractivity contribution in [3.8, 4) is 0 Å². The predicted molar refractivity (Wildman–Crippen MR) is 77.2 cm³/mol. The number of nitrogens with two attached hydrogens (primary N) is 1. The zero-order chi connectivity index (χ0) is 14.8. The highest BCUT2D eigenvalue weighted by atomic mass is 16.4. The van der Waals surface area contributed by atoms with Gasteiger partial charge in [0, 0.05) is 13.0 Å². The molecule has 1 aromatic carbocycles. The standard InChI is InChI=1S/C15H22N2O3/c16-13(10-9-12-6-2-1-3-7-12)15(20)17-11-5-4-8-14(18)19/h1-3,6-7,13H,4-5,8-11,16H2,(H,17,20)(H,18,19). The molecule has 0 aromatic heterocycles. The molecule has 1 amide bonds. The molecule has 5 nitrogen and oxygen atoms in total. The maximum absolute atomic E-state index is 11.7. The number of carboxylic acid groups (broad SMARTS) is 1. The van der Waals surface area contributed by atoms with E-state index in [9.17, 15) is 9.59 Å². The van der Waals surface area contributed by atoms with Crippen molar-refractivity contribution in [3.05, 3.63) is 35.9 Å². The van der Waals surface area contributed by atoms with Gasteiger partial charge >= 0.3 is 5.97 Å². The molecule has 5 heteroatoms. The van der Waals surface area contributed by atoms with Crippen LogP contribution in [-0.4, -0.2) is 29.6 Å². The van der Waals surface area contributed by atoms with Crippen molar-refractivity contribution in [2.24, 2.45) is 5.73 Å². The van der Waals surface area contributed by atoms with Gasteiger partial charge in [-0.3, -0.25) is 9.59 Å². The van der Waals surface area contributed by atoms with Crippen LogP contribution in [0.2, 0.25) is 0 Å². The Morgan fingerprint density at radius 3 is 2.55 bits per heavy atom. The van der Waals surface area contributed by atoms with Gasteiger partial charge in [0.1, 0.15) is 0 Å². The van der Waals surface area contributed by atoms with Crippen LogP contribution in [0.4, 0.5) is 0 Å². The van der Waals surface area contributed by atoms with Gasteiger partial charge in [-0.25, -0.2) is 0 Å². The molecule has 0 spiro atoms. The third-order valence-electron chi connectivity index (χ3n) is 3.04. The van der Waals surface area contributed by atoms with Crippen LogP contribution in [-0.2, 0) is 16.0 Å². The predicted octanol–water partition coefficient (Wildman–Crippen LogP) is 1.32. The van der Waals surface area contributed by atoms with Gasteiger partial charge in [-0.2, -0.15) is 0 Å². The number of carbonyl (C=O) groups excluding carboxylic acids is 1. The normalized spacial score (nSPS) is 11.8. The molecule has 20 heavy (non-hydrogen) atoms. The zero-order valence-corrected chi connectivity index (χ0v) is 11.5. The number of hydrogen-bond acceptors (Lipinski definition) is 3. The molecule has 110 valence electrons. The van der Waals surface area contributed by atoms with E-state index in [1.165, 1.54) is 0 Å². The minimum Gasteiger partial charge on any atom is -0.481 e. The Balaban J connectivity index is 2.14. The van der Waals surface area contributed by atoms with Gasteiger partial charge in [-0.1, -0.05) is 30.3 Å².